The Labute approximate surface area is 273 Å². The first-order valence-corrected chi connectivity index (χ1v) is 16.3. The van der Waals surface area contributed by atoms with Crippen molar-refractivity contribution < 1.29 is 90.9 Å². The van der Waals surface area contributed by atoms with E-state index in [0.717, 1.165) is 37.0 Å². The molecule has 5 N–H and O–H groups in total. The molecule has 10 atom stereocenters. The molecule has 236 valence electrons. The van der Waals surface area contributed by atoms with Crippen molar-refractivity contribution in [2.45, 2.75) is 107 Å². The molecule has 0 aromatic carbocycles. The number of carbonyl (C=O) groups is 1. The van der Waals surface area contributed by atoms with Crippen LogP contribution in [-0.4, -0.2) is 131 Å². The molecule has 0 saturated carbocycles. The number of thiol groups is 1. The minimum absolute atomic E-state index is 0. The second-order valence-corrected chi connectivity index (χ2v) is 12.4. The summed E-state index contributed by atoms with van der Waals surface area (Å²) in [5.74, 6) is 2.06. The average molecular weight is 660 g/mol. The second-order valence-electron chi connectivity index (χ2n) is 9.68. The van der Waals surface area contributed by atoms with Crippen LogP contribution in [0.3, 0.4) is 0 Å². The minimum Gasteiger partial charge on any atom is -0.726 e. The molecule has 14 nitrogen and oxygen atoms in total. The third kappa shape index (κ3) is 13.3. The number of amides is 1. The van der Waals surface area contributed by atoms with Crippen molar-refractivity contribution in [3.8, 4) is 0 Å². The van der Waals surface area contributed by atoms with Crippen LogP contribution < -0.4 is 34.9 Å². The van der Waals surface area contributed by atoms with Gasteiger partial charge >= 0.3 is 29.6 Å². The van der Waals surface area contributed by atoms with Crippen molar-refractivity contribution in [3.05, 3.63) is 0 Å². The van der Waals surface area contributed by atoms with Gasteiger partial charge in [0.1, 0.15) is 42.7 Å². The molecule has 0 radical (unpaired) electrons. The van der Waals surface area contributed by atoms with Crippen LogP contribution in [0.1, 0.15) is 46.0 Å². The van der Waals surface area contributed by atoms with Gasteiger partial charge in [-0.15, -0.1) is 0 Å². The topological polar surface area (TPSA) is 213 Å². The summed E-state index contributed by atoms with van der Waals surface area (Å²) in [6.45, 7) is 2.03. The van der Waals surface area contributed by atoms with Gasteiger partial charge in [-0.2, -0.15) is 24.4 Å². The summed E-state index contributed by atoms with van der Waals surface area (Å²) in [4.78, 5) is 11.8. The molecular weight excluding hydrogens is 617 g/mol. The molecule has 2 aliphatic rings. The Balaban J connectivity index is 0.00000840. The van der Waals surface area contributed by atoms with Crippen LogP contribution >= 0.6 is 24.4 Å². The van der Waals surface area contributed by atoms with E-state index in [-0.39, 0.29) is 36.2 Å². The summed E-state index contributed by atoms with van der Waals surface area (Å²) >= 11 is 6.00. The van der Waals surface area contributed by atoms with Gasteiger partial charge in [-0.25, -0.2) is 8.42 Å². The van der Waals surface area contributed by atoms with E-state index in [1.54, 1.807) is 11.8 Å². The van der Waals surface area contributed by atoms with Gasteiger partial charge in [0, 0.05) is 6.92 Å². The summed E-state index contributed by atoms with van der Waals surface area (Å²) in [7, 11) is -5.37. The van der Waals surface area contributed by atoms with E-state index in [2.05, 4.69) is 22.1 Å². The number of aliphatic hydroxyl groups excluding tert-OH is 4. The summed E-state index contributed by atoms with van der Waals surface area (Å²) < 4.78 is 61.1. The van der Waals surface area contributed by atoms with E-state index in [1.165, 1.54) is 19.8 Å². The molecule has 2 aliphatic heterocycles. The summed E-state index contributed by atoms with van der Waals surface area (Å²) in [5, 5.41) is 44.0. The molecule has 0 bridgehead atoms. The average Bonchev–Trinajstić information content (AvgIpc) is 2.88. The third-order valence-electron chi connectivity index (χ3n) is 6.44. The van der Waals surface area contributed by atoms with Crippen LogP contribution in [0.4, 0.5) is 0 Å². The SMILES string of the molecule is CC(=O)N[C@H]1[C@H](O[C@H]2[C@H](O)[C@H](OCCCSCCCCCCS)O[C@@H](C)[C@H]2O)O[C@H](CO)[C@@H](O)[C@@H]1OS(=O)(=O)[O-].[Na+]. The summed E-state index contributed by atoms with van der Waals surface area (Å²) in [6.07, 6.45) is -8.10. The normalized spacial score (nSPS) is 34.1. The van der Waals surface area contributed by atoms with Gasteiger partial charge in [0.2, 0.25) is 16.3 Å². The van der Waals surface area contributed by atoms with E-state index >= 15 is 0 Å². The zero-order valence-corrected chi connectivity index (χ0v) is 28.1. The van der Waals surface area contributed by atoms with E-state index in [1.807, 2.05) is 0 Å². The third-order valence-corrected chi connectivity index (χ3v) is 8.37. The van der Waals surface area contributed by atoms with Crippen molar-refractivity contribution in [2.75, 3.05) is 30.5 Å². The molecule has 2 saturated heterocycles. The number of thioether (sulfide) groups is 1. The summed E-state index contributed by atoms with van der Waals surface area (Å²) in [6, 6.07) is -1.58. The number of rotatable bonds is 17. The van der Waals surface area contributed by atoms with Crippen molar-refractivity contribution in [3.63, 3.8) is 0 Å². The maximum Gasteiger partial charge on any atom is 1.00 e. The van der Waals surface area contributed by atoms with Gasteiger partial charge in [0.05, 0.1) is 19.3 Å². The van der Waals surface area contributed by atoms with Gasteiger partial charge < -0.3 is 49.2 Å². The predicted molar refractivity (Wildman–Crippen MR) is 145 cm³/mol. The molecule has 18 heteroatoms. The molecule has 0 spiro atoms. The first-order chi connectivity index (χ1) is 18.9. The fourth-order valence-corrected chi connectivity index (χ4v) is 6.07. The Bertz CT molecular complexity index is 861. The molecule has 0 aliphatic carbocycles. The first-order valence-electron chi connectivity index (χ1n) is 13.2. The van der Waals surface area contributed by atoms with Crippen LogP contribution in [0.5, 0.6) is 0 Å². The first kappa shape index (κ1) is 39.7. The summed E-state index contributed by atoms with van der Waals surface area (Å²) in [5.41, 5.74) is 0. The van der Waals surface area contributed by atoms with Crippen molar-refractivity contribution in [2.24, 2.45) is 0 Å². The van der Waals surface area contributed by atoms with E-state index in [9.17, 15) is 38.2 Å². The Morgan fingerprint density at radius 2 is 1.66 bits per heavy atom. The Kier molecular flexibility index (Phi) is 19.4. The number of ether oxygens (including phenoxy) is 4. The zero-order valence-electron chi connectivity index (χ0n) is 23.6. The van der Waals surface area contributed by atoms with Gasteiger partial charge in [-0.05, 0) is 43.4 Å². The Hall–Kier alpha value is 0.720. The molecule has 0 aromatic heterocycles. The Morgan fingerprint density at radius 3 is 2.27 bits per heavy atom. The van der Waals surface area contributed by atoms with E-state index < -0.39 is 84.3 Å². The van der Waals surface area contributed by atoms with Crippen LogP contribution in [-0.2, 0) is 38.3 Å². The molecule has 2 rings (SSSR count). The zero-order chi connectivity index (χ0) is 29.9. The quantitative estimate of drug-likeness (QED) is 0.0288. The number of aliphatic hydroxyl groups is 4. The van der Waals surface area contributed by atoms with Gasteiger partial charge in [0.25, 0.3) is 0 Å². The molecular formula is C23H42NNaO13S3. The molecule has 1 amide bonds. The predicted octanol–water partition coefficient (Wildman–Crippen LogP) is -4.10. The standard InChI is InChI=1S/C23H43NO13S3.Na/c1-13-17(27)21(19(29)23(34-13)33-8-7-11-39-10-6-4-3-5-9-38)36-22-16(24-14(2)26)20(37-40(30,31)32)18(28)15(12-25)35-22;/h13,15-23,25,27-29,38H,3-12H2,1-2H3,(H,24,26)(H,30,31,32);/q;+1/p-1/t13-,15+,16+,17+,18+,19-,20+,21+,22-,23+;/m0./s1. The molecule has 0 aromatic rings. The largest absolute Gasteiger partial charge is 1.00 e. The van der Waals surface area contributed by atoms with Gasteiger partial charge in [-0.3, -0.25) is 8.98 Å². The number of carbonyl (C=O) groups excluding carboxylic acids is 1. The van der Waals surface area contributed by atoms with Crippen molar-refractivity contribution in [1.82, 2.24) is 5.32 Å². The molecule has 41 heavy (non-hydrogen) atoms. The minimum atomic E-state index is -5.37. The molecule has 2 heterocycles. The van der Waals surface area contributed by atoms with E-state index in [4.69, 9.17) is 18.9 Å². The van der Waals surface area contributed by atoms with E-state index in [0.29, 0.717) is 6.42 Å². The number of unbranched alkanes of at least 4 members (excludes halogenated alkanes) is 3. The van der Waals surface area contributed by atoms with Crippen LogP contribution in [0.15, 0.2) is 0 Å². The van der Waals surface area contributed by atoms with Crippen LogP contribution in [0.2, 0.25) is 0 Å². The van der Waals surface area contributed by atoms with Crippen molar-refractivity contribution >= 4 is 40.7 Å². The number of hydrogen-bond donors (Lipinski definition) is 6. The monoisotopic (exact) mass is 659 g/mol. The fourth-order valence-electron chi connectivity index (χ4n) is 4.40. The molecule has 2 fully saturated rings. The number of nitrogens with one attached hydrogen (secondary N) is 1. The molecule has 0 unspecified atom stereocenters. The van der Waals surface area contributed by atoms with Gasteiger partial charge in [-0.1, -0.05) is 12.8 Å². The van der Waals surface area contributed by atoms with Crippen LogP contribution in [0, 0.1) is 0 Å². The number of hydrogen-bond acceptors (Lipinski definition) is 15. The Morgan fingerprint density at radius 1 is 1.00 bits per heavy atom. The van der Waals surface area contributed by atoms with Crippen LogP contribution in [0.25, 0.3) is 0 Å². The second kappa shape index (κ2) is 20.0. The smallest absolute Gasteiger partial charge is 0.726 e. The van der Waals surface area contributed by atoms with Crippen molar-refractivity contribution in [1.29, 1.82) is 0 Å². The maximum atomic E-state index is 11.8. The fraction of sp³-hybridized carbons (Fsp3) is 0.957. The maximum absolute atomic E-state index is 11.8. The van der Waals surface area contributed by atoms with Gasteiger partial charge in [0.15, 0.2) is 12.6 Å².